The average Bonchev–Trinajstić information content (AvgIpc) is 2.38. The number of hydrogen-bond donors (Lipinski definition) is 2. The highest BCUT2D eigenvalue weighted by Crippen LogP contribution is 2.15. The van der Waals surface area contributed by atoms with Gasteiger partial charge < -0.3 is 16.0 Å². The number of rotatable bonds is 6. The predicted molar refractivity (Wildman–Crippen MR) is 87.6 cm³/mol. The first-order valence-corrected chi connectivity index (χ1v) is 6.81. The van der Waals surface area contributed by atoms with Crippen LogP contribution in [0.25, 0.3) is 0 Å². The molecule has 1 aromatic carbocycles. The lowest BCUT2D eigenvalue weighted by molar-refractivity contribution is -0.133. The van der Waals surface area contributed by atoms with E-state index >= 15 is 0 Å². The quantitative estimate of drug-likeness (QED) is 0.841. The Morgan fingerprint density at radius 1 is 1.33 bits per heavy atom. The summed E-state index contributed by atoms with van der Waals surface area (Å²) in [5.41, 5.74) is 7.45. The lowest BCUT2D eigenvalue weighted by Gasteiger charge is -2.18. The molecule has 0 bridgehead atoms. The maximum atomic E-state index is 11.9. The zero-order valence-corrected chi connectivity index (χ0v) is 13.6. The van der Waals surface area contributed by atoms with Gasteiger partial charge in [-0.05, 0) is 25.0 Å². The van der Waals surface area contributed by atoms with E-state index in [1.54, 1.807) is 14.0 Å². The SMILES string of the molecule is CCc1ccccc1NC(=O)CN(C)C(=O)CC(C)N.Cl. The summed E-state index contributed by atoms with van der Waals surface area (Å²) in [6.45, 7) is 3.83. The molecular formula is C15H24ClN3O2. The fraction of sp³-hybridized carbons (Fsp3) is 0.467. The molecule has 118 valence electrons. The monoisotopic (exact) mass is 313 g/mol. The van der Waals surface area contributed by atoms with Crippen LogP contribution in [0.5, 0.6) is 0 Å². The number of nitrogens with one attached hydrogen (secondary N) is 1. The molecule has 1 atom stereocenters. The first kappa shape index (κ1) is 19.4. The zero-order valence-electron chi connectivity index (χ0n) is 12.8. The van der Waals surface area contributed by atoms with Gasteiger partial charge in [0.25, 0.3) is 0 Å². The third kappa shape index (κ3) is 6.60. The number of halogens is 1. The third-order valence-electron chi connectivity index (χ3n) is 2.98. The lowest BCUT2D eigenvalue weighted by Crippen LogP contribution is -2.37. The third-order valence-corrected chi connectivity index (χ3v) is 2.98. The van der Waals surface area contributed by atoms with Gasteiger partial charge in [-0.2, -0.15) is 0 Å². The Bertz CT molecular complexity index is 478. The predicted octanol–water partition coefficient (Wildman–Crippen LogP) is 1.81. The number of benzene rings is 1. The number of likely N-dealkylation sites (N-methyl/N-ethyl adjacent to an activating group) is 1. The number of carbonyl (C=O) groups excluding carboxylic acids is 2. The highest BCUT2D eigenvalue weighted by Gasteiger charge is 2.14. The molecule has 0 aliphatic rings. The second-order valence-electron chi connectivity index (χ2n) is 4.99. The van der Waals surface area contributed by atoms with Crippen LogP contribution in [-0.2, 0) is 16.0 Å². The van der Waals surface area contributed by atoms with Crippen molar-refractivity contribution in [3.8, 4) is 0 Å². The van der Waals surface area contributed by atoms with E-state index in [1.165, 1.54) is 4.90 Å². The van der Waals surface area contributed by atoms with Crippen LogP contribution in [0, 0.1) is 0 Å². The van der Waals surface area contributed by atoms with Crippen molar-refractivity contribution in [3.05, 3.63) is 29.8 Å². The van der Waals surface area contributed by atoms with E-state index in [-0.39, 0.29) is 43.2 Å². The maximum absolute atomic E-state index is 11.9. The van der Waals surface area contributed by atoms with E-state index in [4.69, 9.17) is 5.73 Å². The minimum atomic E-state index is -0.202. The van der Waals surface area contributed by atoms with Gasteiger partial charge in [-0.15, -0.1) is 12.4 Å². The molecule has 0 heterocycles. The van der Waals surface area contributed by atoms with Crippen molar-refractivity contribution in [1.82, 2.24) is 4.90 Å². The summed E-state index contributed by atoms with van der Waals surface area (Å²) in [7, 11) is 1.61. The molecule has 1 aromatic rings. The molecule has 3 N–H and O–H groups in total. The molecule has 0 saturated heterocycles. The largest absolute Gasteiger partial charge is 0.336 e. The van der Waals surface area contributed by atoms with Gasteiger partial charge in [-0.25, -0.2) is 0 Å². The summed E-state index contributed by atoms with van der Waals surface area (Å²) in [5.74, 6) is -0.328. The number of anilines is 1. The van der Waals surface area contributed by atoms with Crippen molar-refractivity contribution in [2.24, 2.45) is 5.73 Å². The number of nitrogens with zero attached hydrogens (tertiary/aromatic N) is 1. The summed E-state index contributed by atoms with van der Waals surface area (Å²) in [6.07, 6.45) is 1.09. The summed E-state index contributed by atoms with van der Waals surface area (Å²) >= 11 is 0. The minimum Gasteiger partial charge on any atom is -0.336 e. The van der Waals surface area contributed by atoms with Gasteiger partial charge in [-0.1, -0.05) is 25.1 Å². The van der Waals surface area contributed by atoms with Crippen LogP contribution in [0.15, 0.2) is 24.3 Å². The van der Waals surface area contributed by atoms with Crippen LogP contribution >= 0.6 is 12.4 Å². The smallest absolute Gasteiger partial charge is 0.243 e. The standard InChI is InChI=1S/C15H23N3O2.ClH/c1-4-12-7-5-6-8-13(12)17-14(19)10-18(3)15(20)9-11(2)16;/h5-8,11H,4,9-10,16H2,1-3H3,(H,17,19);1H. The van der Waals surface area contributed by atoms with Crippen molar-refractivity contribution in [1.29, 1.82) is 0 Å². The van der Waals surface area contributed by atoms with Gasteiger partial charge in [0, 0.05) is 25.2 Å². The van der Waals surface area contributed by atoms with Crippen LogP contribution in [0.1, 0.15) is 25.8 Å². The molecule has 1 unspecified atom stereocenters. The van der Waals surface area contributed by atoms with Crippen molar-refractivity contribution < 1.29 is 9.59 Å². The van der Waals surface area contributed by atoms with Gasteiger partial charge in [0.1, 0.15) is 0 Å². The molecule has 5 nitrogen and oxygen atoms in total. The highest BCUT2D eigenvalue weighted by molar-refractivity contribution is 5.95. The Morgan fingerprint density at radius 2 is 1.95 bits per heavy atom. The van der Waals surface area contributed by atoms with Crippen molar-refractivity contribution in [2.45, 2.75) is 32.7 Å². The molecule has 2 amide bonds. The van der Waals surface area contributed by atoms with Gasteiger partial charge in [0.2, 0.25) is 11.8 Å². The Balaban J connectivity index is 0.00000400. The maximum Gasteiger partial charge on any atom is 0.243 e. The summed E-state index contributed by atoms with van der Waals surface area (Å²) in [5, 5.41) is 2.84. The number of aryl methyl sites for hydroxylation is 1. The van der Waals surface area contributed by atoms with Gasteiger partial charge >= 0.3 is 0 Å². The lowest BCUT2D eigenvalue weighted by atomic mass is 10.1. The van der Waals surface area contributed by atoms with Crippen molar-refractivity contribution in [3.63, 3.8) is 0 Å². The Hall–Kier alpha value is -1.59. The molecule has 0 aliphatic carbocycles. The van der Waals surface area contributed by atoms with Crippen LogP contribution in [0.3, 0.4) is 0 Å². The van der Waals surface area contributed by atoms with Crippen LogP contribution in [-0.4, -0.2) is 36.3 Å². The fourth-order valence-corrected chi connectivity index (χ4v) is 1.88. The minimum absolute atomic E-state index is 0. The topological polar surface area (TPSA) is 75.4 Å². The van der Waals surface area contributed by atoms with Crippen LogP contribution in [0.2, 0.25) is 0 Å². The Labute approximate surface area is 132 Å². The number of amides is 2. The summed E-state index contributed by atoms with van der Waals surface area (Å²) in [6, 6.07) is 7.45. The molecule has 0 fully saturated rings. The van der Waals surface area contributed by atoms with E-state index in [2.05, 4.69) is 5.32 Å². The zero-order chi connectivity index (χ0) is 15.1. The number of hydrogen-bond acceptors (Lipinski definition) is 3. The summed E-state index contributed by atoms with van der Waals surface area (Å²) < 4.78 is 0. The molecular weight excluding hydrogens is 290 g/mol. The number of para-hydroxylation sites is 1. The Morgan fingerprint density at radius 3 is 2.52 bits per heavy atom. The van der Waals surface area contributed by atoms with Crippen LogP contribution < -0.4 is 11.1 Å². The van der Waals surface area contributed by atoms with Gasteiger partial charge in [0.15, 0.2) is 0 Å². The highest BCUT2D eigenvalue weighted by atomic mass is 35.5. The van der Waals surface area contributed by atoms with Crippen molar-refractivity contribution in [2.75, 3.05) is 18.9 Å². The first-order chi connectivity index (χ1) is 9.43. The average molecular weight is 314 g/mol. The molecule has 0 aromatic heterocycles. The molecule has 0 saturated carbocycles. The normalized spacial score (nSPS) is 11.2. The summed E-state index contributed by atoms with van der Waals surface area (Å²) in [4.78, 5) is 25.1. The second kappa shape index (κ2) is 9.37. The van der Waals surface area contributed by atoms with E-state index < -0.39 is 0 Å². The molecule has 21 heavy (non-hydrogen) atoms. The van der Waals surface area contributed by atoms with Gasteiger partial charge in [0.05, 0.1) is 6.54 Å². The molecule has 1 rings (SSSR count). The van der Waals surface area contributed by atoms with E-state index in [0.29, 0.717) is 0 Å². The molecule has 0 spiro atoms. The van der Waals surface area contributed by atoms with E-state index in [9.17, 15) is 9.59 Å². The Kier molecular flexibility index (Phi) is 8.66. The molecule has 0 aliphatic heterocycles. The van der Waals surface area contributed by atoms with E-state index in [1.807, 2.05) is 31.2 Å². The number of nitrogens with two attached hydrogens (primary N) is 1. The number of carbonyl (C=O) groups is 2. The van der Waals surface area contributed by atoms with E-state index in [0.717, 1.165) is 17.7 Å². The van der Waals surface area contributed by atoms with Gasteiger partial charge in [-0.3, -0.25) is 9.59 Å². The first-order valence-electron chi connectivity index (χ1n) is 6.81. The van der Waals surface area contributed by atoms with Crippen molar-refractivity contribution >= 4 is 29.9 Å². The molecule has 0 radical (unpaired) electrons. The fourth-order valence-electron chi connectivity index (χ4n) is 1.88. The molecule has 6 heteroatoms. The van der Waals surface area contributed by atoms with Crippen LogP contribution in [0.4, 0.5) is 5.69 Å². The second-order valence-corrected chi connectivity index (χ2v) is 4.99.